The van der Waals surface area contributed by atoms with E-state index in [1.54, 1.807) is 22.6 Å². The summed E-state index contributed by atoms with van der Waals surface area (Å²) in [6.07, 6.45) is -5.10. The fourth-order valence-corrected chi connectivity index (χ4v) is 1.29. The lowest BCUT2D eigenvalue weighted by Crippen LogP contribution is -2.19. The van der Waals surface area contributed by atoms with Crippen LogP contribution in [0.5, 0.6) is 5.75 Å². The van der Waals surface area contributed by atoms with Gasteiger partial charge < -0.3 is 4.74 Å². The second kappa shape index (κ2) is 3.87. The maximum absolute atomic E-state index is 12.8. The summed E-state index contributed by atoms with van der Waals surface area (Å²) >= 11 is 1.57. The lowest BCUT2D eigenvalue weighted by atomic mass is 10.3. The first kappa shape index (κ1) is 11.5. The number of rotatable bonds is 1. The SMILES string of the molecule is Fc1cc(I)cc(F)c1OC(F)(F)F. The van der Waals surface area contributed by atoms with Gasteiger partial charge in [0.1, 0.15) is 0 Å². The van der Waals surface area contributed by atoms with Crippen molar-refractivity contribution in [2.24, 2.45) is 0 Å². The third-order valence-electron chi connectivity index (χ3n) is 1.18. The van der Waals surface area contributed by atoms with E-state index in [2.05, 4.69) is 4.74 Å². The summed E-state index contributed by atoms with van der Waals surface area (Å²) in [6, 6.07) is 1.48. The number of hydrogen-bond donors (Lipinski definition) is 0. The molecule has 7 heteroatoms. The molecule has 0 bridgehead atoms. The maximum Gasteiger partial charge on any atom is 0.573 e. The van der Waals surface area contributed by atoms with Crippen molar-refractivity contribution in [2.75, 3.05) is 0 Å². The summed E-state index contributed by atoms with van der Waals surface area (Å²) in [5.74, 6) is -4.20. The maximum atomic E-state index is 12.8. The highest BCUT2D eigenvalue weighted by Crippen LogP contribution is 2.29. The lowest BCUT2D eigenvalue weighted by molar-refractivity contribution is -0.276. The highest BCUT2D eigenvalue weighted by atomic mass is 127. The minimum Gasteiger partial charge on any atom is -0.399 e. The van der Waals surface area contributed by atoms with Gasteiger partial charge in [0.25, 0.3) is 0 Å². The zero-order chi connectivity index (χ0) is 10.9. The van der Waals surface area contributed by atoms with Gasteiger partial charge in [0.2, 0.25) is 5.75 Å². The van der Waals surface area contributed by atoms with E-state index in [-0.39, 0.29) is 3.57 Å². The molecular formula is C7H2F5IO. The molecule has 0 unspecified atom stereocenters. The van der Waals surface area contributed by atoms with Crippen LogP contribution in [0.15, 0.2) is 12.1 Å². The number of benzene rings is 1. The number of hydrogen-bond acceptors (Lipinski definition) is 1. The highest BCUT2D eigenvalue weighted by molar-refractivity contribution is 14.1. The molecule has 0 radical (unpaired) electrons. The summed E-state index contributed by atoms with van der Waals surface area (Å²) in [5.41, 5.74) is 0. The third-order valence-corrected chi connectivity index (χ3v) is 1.80. The first-order chi connectivity index (χ1) is 6.29. The molecule has 0 N–H and O–H groups in total. The second-order valence-electron chi connectivity index (χ2n) is 2.25. The lowest BCUT2D eigenvalue weighted by Gasteiger charge is -2.10. The minimum absolute atomic E-state index is 0.145. The van der Waals surface area contributed by atoms with Crippen LogP contribution in [0.1, 0.15) is 0 Å². The van der Waals surface area contributed by atoms with Crippen molar-refractivity contribution in [2.45, 2.75) is 6.36 Å². The van der Waals surface area contributed by atoms with Crippen molar-refractivity contribution in [1.29, 1.82) is 0 Å². The Bertz CT molecular complexity index is 325. The van der Waals surface area contributed by atoms with Crippen molar-refractivity contribution in [3.05, 3.63) is 27.3 Å². The Labute approximate surface area is 89.0 Å². The molecule has 78 valence electrons. The number of alkyl halides is 3. The first-order valence-corrected chi connectivity index (χ1v) is 4.28. The Morgan fingerprint density at radius 1 is 1.07 bits per heavy atom. The molecule has 0 fully saturated rings. The molecule has 0 saturated heterocycles. The van der Waals surface area contributed by atoms with Gasteiger partial charge in [-0.3, -0.25) is 0 Å². The molecule has 0 aliphatic rings. The van der Waals surface area contributed by atoms with Gasteiger partial charge in [-0.15, -0.1) is 13.2 Å². The first-order valence-electron chi connectivity index (χ1n) is 3.20. The zero-order valence-electron chi connectivity index (χ0n) is 6.33. The molecule has 1 aromatic rings. The standard InChI is InChI=1S/C7H2F5IO/c8-4-1-3(13)2-5(9)6(4)14-7(10,11)12/h1-2H. The van der Waals surface area contributed by atoms with Crippen LogP contribution in [0.4, 0.5) is 22.0 Å². The molecule has 0 saturated carbocycles. The van der Waals surface area contributed by atoms with E-state index in [4.69, 9.17) is 0 Å². The molecule has 0 amide bonds. The van der Waals surface area contributed by atoms with Crippen LogP contribution in [0.25, 0.3) is 0 Å². The largest absolute Gasteiger partial charge is 0.573 e. The van der Waals surface area contributed by atoms with Gasteiger partial charge in [0.05, 0.1) is 0 Å². The Morgan fingerprint density at radius 2 is 1.50 bits per heavy atom. The van der Waals surface area contributed by atoms with Crippen molar-refractivity contribution >= 4 is 22.6 Å². The van der Waals surface area contributed by atoms with Gasteiger partial charge in [-0.2, -0.15) is 0 Å². The Morgan fingerprint density at radius 3 is 1.86 bits per heavy atom. The summed E-state index contributed by atoms with van der Waals surface area (Å²) in [7, 11) is 0. The van der Waals surface area contributed by atoms with E-state index in [1.165, 1.54) is 0 Å². The fourth-order valence-electron chi connectivity index (χ4n) is 0.742. The molecule has 0 atom stereocenters. The monoisotopic (exact) mass is 324 g/mol. The van der Waals surface area contributed by atoms with Crippen molar-refractivity contribution in [1.82, 2.24) is 0 Å². The second-order valence-corrected chi connectivity index (χ2v) is 3.49. The quantitative estimate of drug-likeness (QED) is 0.568. The summed E-state index contributed by atoms with van der Waals surface area (Å²) in [4.78, 5) is 0. The van der Waals surface area contributed by atoms with E-state index in [0.717, 1.165) is 12.1 Å². The topological polar surface area (TPSA) is 9.23 Å². The average Bonchev–Trinajstić information content (AvgIpc) is 1.95. The van der Waals surface area contributed by atoms with E-state index in [0.29, 0.717) is 0 Å². The van der Waals surface area contributed by atoms with E-state index < -0.39 is 23.7 Å². The van der Waals surface area contributed by atoms with Crippen molar-refractivity contribution < 1.29 is 26.7 Å². The van der Waals surface area contributed by atoms with Gasteiger partial charge in [-0.25, -0.2) is 8.78 Å². The van der Waals surface area contributed by atoms with Crippen LogP contribution in [-0.4, -0.2) is 6.36 Å². The predicted molar refractivity (Wildman–Crippen MR) is 45.8 cm³/mol. The molecule has 1 nitrogen and oxygen atoms in total. The summed E-state index contributed by atoms with van der Waals surface area (Å²) in [6.45, 7) is 0. The molecule has 1 aromatic carbocycles. The Kier molecular flexibility index (Phi) is 3.17. The molecule has 0 aliphatic heterocycles. The Hall–Kier alpha value is -0.600. The van der Waals surface area contributed by atoms with Crippen LogP contribution < -0.4 is 4.74 Å². The molecule has 1 rings (SSSR count). The van der Waals surface area contributed by atoms with Gasteiger partial charge in [-0.05, 0) is 34.7 Å². The molecule has 14 heavy (non-hydrogen) atoms. The molecule has 0 aromatic heterocycles. The van der Waals surface area contributed by atoms with E-state index in [9.17, 15) is 22.0 Å². The zero-order valence-corrected chi connectivity index (χ0v) is 8.49. The van der Waals surface area contributed by atoms with Gasteiger partial charge in [0.15, 0.2) is 11.6 Å². The fraction of sp³-hybridized carbons (Fsp3) is 0.143. The van der Waals surface area contributed by atoms with Gasteiger partial charge >= 0.3 is 6.36 Å². The van der Waals surface area contributed by atoms with Crippen molar-refractivity contribution in [3.8, 4) is 5.75 Å². The van der Waals surface area contributed by atoms with Crippen LogP contribution in [0, 0.1) is 15.2 Å². The van der Waals surface area contributed by atoms with Crippen LogP contribution in [-0.2, 0) is 0 Å². The van der Waals surface area contributed by atoms with Gasteiger partial charge in [-0.1, -0.05) is 0 Å². The number of ether oxygens (including phenoxy) is 1. The molecule has 0 heterocycles. The summed E-state index contributed by atoms with van der Waals surface area (Å²) < 4.78 is 63.8. The van der Waals surface area contributed by atoms with Crippen LogP contribution in [0.2, 0.25) is 0 Å². The normalized spacial score (nSPS) is 11.6. The highest BCUT2D eigenvalue weighted by Gasteiger charge is 2.34. The summed E-state index contributed by atoms with van der Waals surface area (Å²) in [5, 5.41) is 0. The van der Waals surface area contributed by atoms with Crippen molar-refractivity contribution in [3.63, 3.8) is 0 Å². The molecule has 0 aliphatic carbocycles. The smallest absolute Gasteiger partial charge is 0.399 e. The van der Waals surface area contributed by atoms with Crippen LogP contribution in [0.3, 0.4) is 0 Å². The minimum atomic E-state index is -5.10. The average molecular weight is 324 g/mol. The van der Waals surface area contributed by atoms with Crippen LogP contribution >= 0.6 is 22.6 Å². The molecule has 0 spiro atoms. The van der Waals surface area contributed by atoms with E-state index in [1.807, 2.05) is 0 Å². The van der Waals surface area contributed by atoms with Gasteiger partial charge in [0, 0.05) is 3.57 Å². The molecular weight excluding hydrogens is 322 g/mol. The predicted octanol–water partition coefficient (Wildman–Crippen LogP) is 3.47. The third kappa shape index (κ3) is 2.96. The Balaban J connectivity index is 3.09. The van der Waals surface area contributed by atoms with E-state index >= 15 is 0 Å². The number of halogens is 6.